The van der Waals surface area contributed by atoms with Crippen molar-refractivity contribution in [3.63, 3.8) is 0 Å². The van der Waals surface area contributed by atoms with E-state index in [4.69, 9.17) is 0 Å². The van der Waals surface area contributed by atoms with Gasteiger partial charge in [0.15, 0.2) is 0 Å². The molecule has 1 N–H and O–H groups in total. The van der Waals surface area contributed by atoms with Crippen molar-refractivity contribution >= 4 is 97.6 Å². The van der Waals surface area contributed by atoms with Gasteiger partial charge in [0.05, 0.1) is 0 Å². The fourth-order valence-electron chi connectivity index (χ4n) is 7.30. The summed E-state index contributed by atoms with van der Waals surface area (Å²) in [4.78, 5) is 0. The molecule has 0 amide bonds. The van der Waals surface area contributed by atoms with Gasteiger partial charge in [-0.15, -0.1) is 0 Å². The number of benzene rings is 10. The van der Waals surface area contributed by atoms with E-state index in [0.717, 1.165) is 11.4 Å². The molecule has 0 aromatic heterocycles. The van der Waals surface area contributed by atoms with Crippen LogP contribution in [-0.2, 0) is 0 Å². The van der Waals surface area contributed by atoms with Gasteiger partial charge in [0, 0.05) is 22.1 Å². The molecule has 10 aromatic rings. The van der Waals surface area contributed by atoms with Gasteiger partial charge < -0.3 is 5.32 Å². The smallest absolute Gasteiger partial charge is 0.0464 e. The minimum Gasteiger partial charge on any atom is -0.355 e. The maximum Gasteiger partial charge on any atom is 0.0464 e. The van der Waals surface area contributed by atoms with Crippen LogP contribution in [0.1, 0.15) is 0 Å². The average molecular weight is 570 g/mol. The molecule has 0 spiro atoms. The first-order valence-electron chi connectivity index (χ1n) is 15.6. The van der Waals surface area contributed by atoms with Gasteiger partial charge in [0.2, 0.25) is 0 Å². The molecule has 0 saturated heterocycles. The van der Waals surface area contributed by atoms with Crippen LogP contribution >= 0.6 is 0 Å². The van der Waals surface area contributed by atoms with Crippen molar-refractivity contribution in [2.24, 2.45) is 0 Å². The summed E-state index contributed by atoms with van der Waals surface area (Å²) in [6.07, 6.45) is 0. The Morgan fingerprint density at radius 2 is 0.489 bits per heavy atom. The van der Waals surface area contributed by atoms with E-state index >= 15 is 0 Å². The standard InChI is InChI=1S/C44H27N/c1-3-9-29-17-35-23-39-25-41-31(19-37(39)21-33(35)15-27(29)7-1)11-5-13-43(41)45-44-14-6-12-32-20-38-22-34-16-28-8-2-4-10-30(28)18-36(34)24-40(38)26-42(32)44/h1-26,45H. The van der Waals surface area contributed by atoms with Crippen LogP contribution < -0.4 is 5.32 Å². The van der Waals surface area contributed by atoms with E-state index in [0.29, 0.717) is 0 Å². The third kappa shape index (κ3) is 3.95. The average Bonchev–Trinajstić information content (AvgIpc) is 3.06. The minimum absolute atomic E-state index is 1.12. The number of hydrogen-bond donors (Lipinski definition) is 1. The molecule has 1 heteroatoms. The summed E-state index contributed by atoms with van der Waals surface area (Å²) in [6, 6.07) is 58.3. The molecule has 0 aliphatic heterocycles. The van der Waals surface area contributed by atoms with Crippen LogP contribution in [0.25, 0.3) is 86.2 Å². The maximum atomic E-state index is 3.84. The zero-order chi connectivity index (χ0) is 29.5. The Morgan fingerprint density at radius 3 is 0.844 bits per heavy atom. The lowest BCUT2D eigenvalue weighted by atomic mass is 9.96. The predicted octanol–water partition coefficient (Wildman–Crippen LogP) is 12.7. The SMILES string of the molecule is c1ccc2cc3cc4cc5c(Nc6cccc7cc8cc9cc%10ccccc%10cc9cc8cc67)cccc5cc4cc3cc2c1. The highest BCUT2D eigenvalue weighted by atomic mass is 14.9. The summed E-state index contributed by atoms with van der Waals surface area (Å²) in [5.41, 5.74) is 2.23. The Labute approximate surface area is 259 Å². The van der Waals surface area contributed by atoms with Gasteiger partial charge in [-0.25, -0.2) is 0 Å². The topological polar surface area (TPSA) is 12.0 Å². The van der Waals surface area contributed by atoms with Crippen LogP contribution in [0.15, 0.2) is 158 Å². The molecule has 0 unspecified atom stereocenters. The Hall–Kier alpha value is -5.92. The number of fused-ring (bicyclic) bond motifs is 8. The van der Waals surface area contributed by atoms with Gasteiger partial charge in [-0.05, 0) is 160 Å². The fourth-order valence-corrected chi connectivity index (χ4v) is 7.30. The van der Waals surface area contributed by atoms with E-state index in [1.165, 1.54) is 86.2 Å². The van der Waals surface area contributed by atoms with Crippen molar-refractivity contribution in [3.05, 3.63) is 158 Å². The number of rotatable bonds is 2. The number of anilines is 2. The highest BCUT2D eigenvalue weighted by Crippen LogP contribution is 2.37. The molecule has 45 heavy (non-hydrogen) atoms. The van der Waals surface area contributed by atoms with E-state index in [1.54, 1.807) is 0 Å². The first-order chi connectivity index (χ1) is 22.2. The van der Waals surface area contributed by atoms with Crippen molar-refractivity contribution in [1.29, 1.82) is 0 Å². The van der Waals surface area contributed by atoms with Crippen LogP contribution in [0.5, 0.6) is 0 Å². The molecule has 1 nitrogen and oxygen atoms in total. The van der Waals surface area contributed by atoms with Gasteiger partial charge in [0.25, 0.3) is 0 Å². The predicted molar refractivity (Wildman–Crippen MR) is 196 cm³/mol. The summed E-state index contributed by atoms with van der Waals surface area (Å²) in [5.74, 6) is 0. The Kier molecular flexibility index (Phi) is 5.06. The first-order valence-corrected chi connectivity index (χ1v) is 15.6. The molecule has 0 fully saturated rings. The largest absolute Gasteiger partial charge is 0.355 e. The first kappa shape index (κ1) is 24.5. The van der Waals surface area contributed by atoms with Crippen molar-refractivity contribution < 1.29 is 0 Å². The number of hydrogen-bond acceptors (Lipinski definition) is 1. The molecule has 0 bridgehead atoms. The molecule has 0 heterocycles. The molecule has 0 aliphatic rings. The Balaban J connectivity index is 1.12. The molecule has 0 aliphatic carbocycles. The highest BCUT2D eigenvalue weighted by Gasteiger charge is 2.10. The lowest BCUT2D eigenvalue weighted by Gasteiger charge is -2.15. The normalized spacial score (nSPS) is 12.0. The van der Waals surface area contributed by atoms with Gasteiger partial charge in [0.1, 0.15) is 0 Å². The van der Waals surface area contributed by atoms with Crippen LogP contribution in [0.3, 0.4) is 0 Å². The Bertz CT molecular complexity index is 2650. The third-order valence-corrected chi connectivity index (χ3v) is 9.58. The van der Waals surface area contributed by atoms with Gasteiger partial charge >= 0.3 is 0 Å². The molecule has 0 radical (unpaired) electrons. The monoisotopic (exact) mass is 569 g/mol. The lowest BCUT2D eigenvalue weighted by molar-refractivity contribution is 1.62. The summed E-state index contributed by atoms with van der Waals surface area (Å²) in [6.45, 7) is 0. The third-order valence-electron chi connectivity index (χ3n) is 9.58. The highest BCUT2D eigenvalue weighted by molar-refractivity contribution is 6.13. The van der Waals surface area contributed by atoms with E-state index in [2.05, 4.69) is 163 Å². The second-order valence-corrected chi connectivity index (χ2v) is 12.4. The van der Waals surface area contributed by atoms with Crippen LogP contribution in [0, 0.1) is 0 Å². The van der Waals surface area contributed by atoms with Gasteiger partial charge in [-0.1, -0.05) is 72.8 Å². The van der Waals surface area contributed by atoms with E-state index < -0.39 is 0 Å². The lowest BCUT2D eigenvalue weighted by Crippen LogP contribution is -1.93. The zero-order valence-electron chi connectivity index (χ0n) is 24.5. The van der Waals surface area contributed by atoms with Crippen molar-refractivity contribution in [2.45, 2.75) is 0 Å². The second-order valence-electron chi connectivity index (χ2n) is 12.4. The van der Waals surface area contributed by atoms with Crippen molar-refractivity contribution in [1.82, 2.24) is 0 Å². The molecule has 208 valence electrons. The van der Waals surface area contributed by atoms with E-state index in [9.17, 15) is 0 Å². The minimum atomic E-state index is 1.12. The molecular weight excluding hydrogens is 542 g/mol. The Morgan fingerprint density at radius 1 is 0.222 bits per heavy atom. The van der Waals surface area contributed by atoms with Crippen molar-refractivity contribution in [3.8, 4) is 0 Å². The van der Waals surface area contributed by atoms with Crippen LogP contribution in [-0.4, -0.2) is 0 Å². The van der Waals surface area contributed by atoms with Crippen LogP contribution in [0.4, 0.5) is 11.4 Å². The second kappa shape index (κ2) is 9.29. The summed E-state index contributed by atoms with van der Waals surface area (Å²) < 4.78 is 0. The van der Waals surface area contributed by atoms with Crippen LogP contribution in [0.2, 0.25) is 0 Å². The van der Waals surface area contributed by atoms with E-state index in [-0.39, 0.29) is 0 Å². The molecule has 10 rings (SSSR count). The summed E-state index contributed by atoms with van der Waals surface area (Å²) in [7, 11) is 0. The van der Waals surface area contributed by atoms with Gasteiger partial charge in [-0.3, -0.25) is 0 Å². The molecular formula is C44H27N. The fraction of sp³-hybridized carbons (Fsp3) is 0. The zero-order valence-corrected chi connectivity index (χ0v) is 24.5. The number of nitrogens with one attached hydrogen (secondary N) is 1. The molecule has 0 atom stereocenters. The maximum absolute atomic E-state index is 3.84. The summed E-state index contributed by atoms with van der Waals surface area (Å²) in [5, 5.41) is 24.0. The quantitative estimate of drug-likeness (QED) is 0.204. The molecule has 10 aromatic carbocycles. The van der Waals surface area contributed by atoms with Gasteiger partial charge in [-0.2, -0.15) is 0 Å². The summed E-state index contributed by atoms with van der Waals surface area (Å²) >= 11 is 0. The van der Waals surface area contributed by atoms with E-state index in [1.807, 2.05) is 0 Å². The molecule has 0 saturated carbocycles. The van der Waals surface area contributed by atoms with Crippen molar-refractivity contribution in [2.75, 3.05) is 5.32 Å².